The highest BCUT2D eigenvalue weighted by Gasteiger charge is 2.72. The van der Waals surface area contributed by atoms with Crippen LogP contribution < -0.4 is 0 Å². The van der Waals surface area contributed by atoms with Gasteiger partial charge in [0, 0.05) is 66.1 Å². The Morgan fingerprint density at radius 3 is 0.897 bits per heavy atom. The van der Waals surface area contributed by atoms with E-state index < -0.39 is 28.9 Å². The van der Waals surface area contributed by atoms with Crippen molar-refractivity contribution in [1.82, 2.24) is 28.7 Å². The average Bonchev–Trinajstić information content (AvgIpc) is 4.26. The van der Waals surface area contributed by atoms with Gasteiger partial charge in [0.2, 0.25) is 5.41 Å². The zero-order valence-electron chi connectivity index (χ0n) is 41.0. The van der Waals surface area contributed by atoms with Gasteiger partial charge in [-0.2, -0.15) is 26.3 Å². The van der Waals surface area contributed by atoms with E-state index in [2.05, 4.69) is 84.7 Å². The highest BCUT2D eigenvalue weighted by Crippen LogP contribution is 2.56. The summed E-state index contributed by atoms with van der Waals surface area (Å²) >= 11 is 0. The number of benzene rings is 10. The molecule has 4 heterocycles. The molecule has 0 saturated carbocycles. The molecule has 12 heteroatoms. The van der Waals surface area contributed by atoms with Crippen LogP contribution in [-0.2, 0) is 5.41 Å². The standard InChI is InChI=1S/C66H40F6N6/c67-65(68,69)64(66(70,71)72,44-29-27-43(28-30-44)63-74-61(41-15-3-1-4-16-41)73-62(75-63)42-17-5-2-6-18-42)45-31-33-46(34-32-45)76-59-37-35-47(77-55-23-11-7-19-49(55)50-20-8-12-24-56(50)77)39-53(59)54-40-48(36-38-60(54)76)78-57-25-13-9-21-51(57)52-22-10-14-26-58(52)78/h1-40H. The number of fused-ring (bicyclic) bond motifs is 9. The second-order valence-electron chi connectivity index (χ2n) is 19.4. The molecule has 0 bridgehead atoms. The van der Waals surface area contributed by atoms with Crippen molar-refractivity contribution < 1.29 is 26.3 Å². The van der Waals surface area contributed by atoms with Crippen LogP contribution >= 0.6 is 0 Å². The molecule has 0 radical (unpaired) electrons. The van der Waals surface area contributed by atoms with Crippen molar-refractivity contribution in [2.24, 2.45) is 0 Å². The number of nitrogens with zero attached hydrogens (tertiary/aromatic N) is 6. The van der Waals surface area contributed by atoms with E-state index in [9.17, 15) is 0 Å². The number of hydrogen-bond acceptors (Lipinski definition) is 3. The van der Waals surface area contributed by atoms with Gasteiger partial charge < -0.3 is 13.7 Å². The zero-order valence-corrected chi connectivity index (χ0v) is 41.0. The lowest BCUT2D eigenvalue weighted by atomic mass is 9.72. The van der Waals surface area contributed by atoms with E-state index in [0.29, 0.717) is 39.5 Å². The van der Waals surface area contributed by atoms with Gasteiger partial charge >= 0.3 is 12.4 Å². The van der Waals surface area contributed by atoms with E-state index in [4.69, 9.17) is 0 Å². The topological polar surface area (TPSA) is 53.5 Å². The summed E-state index contributed by atoms with van der Waals surface area (Å²) in [5.74, 6) is 0.664. The molecule has 0 N–H and O–H groups in total. The minimum Gasteiger partial charge on any atom is -0.309 e. The average molecular weight is 1030 g/mol. The van der Waals surface area contributed by atoms with Gasteiger partial charge in [0.05, 0.1) is 33.1 Å². The molecular formula is C66H40F6N6. The Kier molecular flexibility index (Phi) is 10.6. The molecule has 0 spiro atoms. The fraction of sp³-hybridized carbons (Fsp3) is 0.0455. The van der Waals surface area contributed by atoms with Crippen LogP contribution in [0.1, 0.15) is 11.1 Å². The Morgan fingerprint density at radius 1 is 0.256 bits per heavy atom. The minimum absolute atomic E-state index is 0.0822. The molecule has 14 aromatic rings. The lowest BCUT2D eigenvalue weighted by molar-refractivity contribution is -0.288. The summed E-state index contributed by atoms with van der Waals surface area (Å²) < 4.78 is 102. The highest BCUT2D eigenvalue weighted by molar-refractivity contribution is 6.14. The highest BCUT2D eigenvalue weighted by atomic mass is 19.4. The van der Waals surface area contributed by atoms with E-state index in [1.807, 2.05) is 114 Å². The van der Waals surface area contributed by atoms with Crippen molar-refractivity contribution in [2.45, 2.75) is 17.8 Å². The van der Waals surface area contributed by atoms with Gasteiger partial charge in [-0.25, -0.2) is 15.0 Å². The first kappa shape index (κ1) is 46.7. The number of para-hydroxylation sites is 4. The van der Waals surface area contributed by atoms with Crippen molar-refractivity contribution in [3.63, 3.8) is 0 Å². The number of halogens is 6. The van der Waals surface area contributed by atoms with Crippen molar-refractivity contribution in [2.75, 3.05) is 0 Å². The Balaban J connectivity index is 0.927. The Morgan fingerprint density at radius 2 is 0.538 bits per heavy atom. The zero-order chi connectivity index (χ0) is 52.9. The van der Waals surface area contributed by atoms with Crippen molar-refractivity contribution in [1.29, 1.82) is 0 Å². The smallest absolute Gasteiger partial charge is 0.309 e. The van der Waals surface area contributed by atoms with Crippen LogP contribution in [0.15, 0.2) is 243 Å². The van der Waals surface area contributed by atoms with E-state index in [1.165, 1.54) is 24.3 Å². The molecule has 10 aromatic carbocycles. The van der Waals surface area contributed by atoms with Crippen molar-refractivity contribution in [3.05, 3.63) is 254 Å². The molecule has 0 aliphatic rings. The maximum absolute atomic E-state index is 15.9. The molecule has 376 valence electrons. The summed E-state index contributed by atoms with van der Waals surface area (Å²) in [7, 11) is 0. The fourth-order valence-corrected chi connectivity index (χ4v) is 11.6. The Bertz CT molecular complexity index is 4280. The molecule has 0 aliphatic carbocycles. The number of rotatable bonds is 8. The first-order chi connectivity index (χ1) is 38.0. The lowest BCUT2D eigenvalue weighted by Gasteiger charge is -2.38. The fourth-order valence-electron chi connectivity index (χ4n) is 11.6. The lowest BCUT2D eigenvalue weighted by Crippen LogP contribution is -2.54. The third-order valence-electron chi connectivity index (χ3n) is 15.1. The van der Waals surface area contributed by atoms with Crippen LogP contribution in [0.4, 0.5) is 26.3 Å². The molecule has 6 nitrogen and oxygen atoms in total. The van der Waals surface area contributed by atoms with Gasteiger partial charge in [0.15, 0.2) is 17.5 Å². The predicted molar refractivity (Wildman–Crippen MR) is 298 cm³/mol. The third kappa shape index (κ3) is 7.16. The quantitative estimate of drug-likeness (QED) is 0.143. The summed E-state index contributed by atoms with van der Waals surface area (Å²) in [4.78, 5) is 13.9. The summed E-state index contributed by atoms with van der Waals surface area (Å²) in [6.07, 6.45) is -11.7. The van der Waals surface area contributed by atoms with Crippen molar-refractivity contribution >= 4 is 65.4 Å². The number of aromatic nitrogens is 6. The first-order valence-corrected chi connectivity index (χ1v) is 25.2. The van der Waals surface area contributed by atoms with Gasteiger partial charge in [-0.3, -0.25) is 0 Å². The third-order valence-corrected chi connectivity index (χ3v) is 15.1. The van der Waals surface area contributed by atoms with Crippen LogP contribution in [0, 0.1) is 0 Å². The second kappa shape index (κ2) is 17.6. The summed E-state index contributed by atoms with van der Waals surface area (Å²) in [6.45, 7) is 0. The first-order valence-electron chi connectivity index (χ1n) is 25.2. The van der Waals surface area contributed by atoms with Gasteiger partial charge in [0.1, 0.15) is 0 Å². The van der Waals surface area contributed by atoms with E-state index in [0.717, 1.165) is 90.0 Å². The maximum Gasteiger partial charge on any atom is 0.411 e. The molecule has 0 unspecified atom stereocenters. The van der Waals surface area contributed by atoms with E-state index in [-0.39, 0.29) is 11.4 Å². The van der Waals surface area contributed by atoms with Gasteiger partial charge in [-0.05, 0) is 83.9 Å². The Labute approximate surface area is 441 Å². The van der Waals surface area contributed by atoms with Crippen LogP contribution in [0.2, 0.25) is 0 Å². The molecular weight excluding hydrogens is 991 g/mol. The van der Waals surface area contributed by atoms with Crippen LogP contribution in [0.25, 0.3) is 117 Å². The largest absolute Gasteiger partial charge is 0.411 e. The van der Waals surface area contributed by atoms with Crippen LogP contribution in [-0.4, -0.2) is 41.0 Å². The molecule has 0 amide bonds. The van der Waals surface area contributed by atoms with Gasteiger partial charge in [0.25, 0.3) is 0 Å². The summed E-state index contributed by atoms with van der Waals surface area (Å²) in [6, 6.07) is 71.8. The van der Waals surface area contributed by atoms with E-state index in [1.54, 1.807) is 24.3 Å². The molecule has 0 aliphatic heterocycles. The molecule has 0 fully saturated rings. The Hall–Kier alpha value is -9.81. The molecule has 14 rings (SSSR count). The van der Waals surface area contributed by atoms with Crippen LogP contribution in [0.3, 0.4) is 0 Å². The number of alkyl halides is 6. The summed E-state index contributed by atoms with van der Waals surface area (Å²) in [5.41, 5.74) is 2.69. The molecule has 0 saturated heterocycles. The molecule has 78 heavy (non-hydrogen) atoms. The van der Waals surface area contributed by atoms with Crippen molar-refractivity contribution in [3.8, 4) is 51.2 Å². The normalized spacial score (nSPS) is 12.5. The van der Waals surface area contributed by atoms with Gasteiger partial charge in [-0.15, -0.1) is 0 Å². The van der Waals surface area contributed by atoms with E-state index >= 15 is 26.3 Å². The monoisotopic (exact) mass is 1030 g/mol. The minimum atomic E-state index is -5.83. The molecule has 0 atom stereocenters. The number of hydrogen-bond donors (Lipinski definition) is 0. The summed E-state index contributed by atoms with van der Waals surface area (Å²) in [5, 5.41) is 6.03. The SMILES string of the molecule is FC(F)(F)C(c1ccc(-c2nc(-c3ccccc3)nc(-c3ccccc3)n2)cc1)(c1ccc(-n2c3ccc(-n4c5ccccc5c5ccccc54)cc3c3cc(-n4c5ccccc5c5ccccc54)ccc32)cc1)C(F)(F)F. The predicted octanol–water partition coefficient (Wildman–Crippen LogP) is 17.6. The van der Waals surface area contributed by atoms with Crippen LogP contribution in [0.5, 0.6) is 0 Å². The molecule has 4 aromatic heterocycles. The second-order valence-corrected chi connectivity index (χ2v) is 19.4. The van der Waals surface area contributed by atoms with Gasteiger partial charge in [-0.1, -0.05) is 170 Å². The maximum atomic E-state index is 15.9.